The SMILES string of the molecule is CCC(C)(CCOCCC(=O)N(C)C(C(=O)NC(C(=O)N(C)CC(CC(=O)N1CCCC1C(OC)C(C)C(=O)NC(Cc1ccccc1)c1nccs1)OC)C(C)C)C(C)C)OCCC(C)(C)NC(=O)OCc1ccc(NC(=O)C(CCCNC(N)=O)NC(=O)C(NC(=O)CCCCCn2c(O)cc(SCC(NC(=O)CON)C(N)=O)c2O)C(C)C)cc1. The molecular formula is C85H134N16O20S2. The second-order valence-corrected chi connectivity index (χ2v) is 35.0. The predicted molar refractivity (Wildman–Crippen MR) is 465 cm³/mol. The van der Waals surface area contributed by atoms with Crippen molar-refractivity contribution in [1.29, 1.82) is 0 Å². The molecule has 0 radical (unpaired) electrons. The van der Waals surface area contributed by atoms with Crippen LogP contribution in [0, 0.1) is 23.7 Å². The number of likely N-dealkylation sites (N-methyl/N-ethyl adjacent to an activating group) is 2. The number of thioether (sulfide) groups is 1. The van der Waals surface area contributed by atoms with Gasteiger partial charge in [0, 0.05) is 109 Å². The summed E-state index contributed by atoms with van der Waals surface area (Å²) in [7, 11) is 6.18. The Hall–Kier alpha value is -9.70. The van der Waals surface area contributed by atoms with Gasteiger partial charge in [-0.1, -0.05) is 104 Å². The first-order chi connectivity index (χ1) is 58.3. The fraction of sp³-hybridized carbons (Fsp3) is 0.635. The Balaban J connectivity index is 1.02. The first-order valence-corrected chi connectivity index (χ1v) is 43.9. The van der Waals surface area contributed by atoms with Gasteiger partial charge in [-0.3, -0.25) is 57.4 Å². The number of carbonyl (C=O) groups is 12. The summed E-state index contributed by atoms with van der Waals surface area (Å²) in [5, 5.41) is 46.2. The van der Waals surface area contributed by atoms with Crippen molar-refractivity contribution in [3.05, 3.63) is 88.4 Å². The molecule has 1 saturated heterocycles. The number of aromatic hydroxyl groups is 2. The smallest absolute Gasteiger partial charge is 0.407 e. The van der Waals surface area contributed by atoms with Crippen LogP contribution in [0.2, 0.25) is 0 Å². The molecule has 0 saturated carbocycles. The van der Waals surface area contributed by atoms with Crippen LogP contribution in [0.4, 0.5) is 15.3 Å². The normalized spacial score (nSPS) is 15.5. The van der Waals surface area contributed by atoms with E-state index in [2.05, 4.69) is 52.4 Å². The van der Waals surface area contributed by atoms with Crippen molar-refractivity contribution in [1.82, 2.24) is 61.5 Å². The van der Waals surface area contributed by atoms with E-state index in [1.54, 1.807) is 70.4 Å². The third-order valence-electron chi connectivity index (χ3n) is 21.7. The maximum Gasteiger partial charge on any atom is 0.407 e. The van der Waals surface area contributed by atoms with Crippen LogP contribution < -0.4 is 59.9 Å². The molecule has 1 fully saturated rings. The maximum atomic E-state index is 14.3. The van der Waals surface area contributed by atoms with E-state index in [1.165, 1.54) is 38.9 Å². The molecule has 16 N–H and O–H groups in total. The highest BCUT2D eigenvalue weighted by atomic mass is 32.2. The van der Waals surface area contributed by atoms with Gasteiger partial charge in [0.2, 0.25) is 65.0 Å². The van der Waals surface area contributed by atoms with Gasteiger partial charge in [-0.15, -0.1) is 23.1 Å². The van der Waals surface area contributed by atoms with Gasteiger partial charge < -0.3 is 103 Å². The number of alkyl carbamates (subject to hydrolysis) is 1. The summed E-state index contributed by atoms with van der Waals surface area (Å²) in [6.07, 6.45) is 4.69. The fourth-order valence-corrected chi connectivity index (χ4v) is 15.9. The van der Waals surface area contributed by atoms with Crippen LogP contribution in [0.3, 0.4) is 0 Å². The quantitative estimate of drug-likeness (QED) is 0.0133. The summed E-state index contributed by atoms with van der Waals surface area (Å²) in [5.74, 6) is -2.20. The zero-order valence-corrected chi connectivity index (χ0v) is 75.6. The van der Waals surface area contributed by atoms with Crippen LogP contribution in [0.5, 0.6) is 11.8 Å². The number of thiazole rings is 1. The lowest BCUT2D eigenvalue weighted by molar-refractivity contribution is -0.145. The molecule has 11 atom stereocenters. The molecule has 2 aromatic heterocycles. The van der Waals surface area contributed by atoms with Gasteiger partial charge in [-0.2, -0.15) is 0 Å². The molecule has 2 aromatic carbocycles. The molecule has 0 spiro atoms. The van der Waals surface area contributed by atoms with E-state index in [-0.39, 0.29) is 142 Å². The van der Waals surface area contributed by atoms with Gasteiger partial charge in [0.15, 0.2) is 5.88 Å². The summed E-state index contributed by atoms with van der Waals surface area (Å²) >= 11 is 2.44. The highest BCUT2D eigenvalue weighted by Gasteiger charge is 2.42. The molecule has 3 heterocycles. The lowest BCUT2D eigenvalue weighted by Crippen LogP contribution is -2.57. The van der Waals surface area contributed by atoms with Crippen molar-refractivity contribution < 1.29 is 96.3 Å². The molecule has 123 heavy (non-hydrogen) atoms. The number of carbonyl (C=O) groups excluding carboxylic acids is 12. The van der Waals surface area contributed by atoms with Crippen LogP contribution in [-0.4, -0.2) is 245 Å². The van der Waals surface area contributed by atoms with Crippen molar-refractivity contribution in [3.8, 4) is 11.8 Å². The molecule has 13 amide bonds. The minimum Gasteiger partial charge on any atom is -0.494 e. The Bertz CT molecular complexity index is 4030. The summed E-state index contributed by atoms with van der Waals surface area (Å²) in [6.45, 7) is 20.9. The van der Waals surface area contributed by atoms with Crippen LogP contribution in [0.1, 0.15) is 182 Å². The fourth-order valence-electron chi connectivity index (χ4n) is 14.2. The van der Waals surface area contributed by atoms with Crippen molar-refractivity contribution in [3.63, 3.8) is 0 Å². The minimum atomic E-state index is -1.12. The van der Waals surface area contributed by atoms with Crippen LogP contribution in [0.15, 0.2) is 77.1 Å². The summed E-state index contributed by atoms with van der Waals surface area (Å²) < 4.78 is 31.1. The van der Waals surface area contributed by atoms with Crippen molar-refractivity contribution in [2.24, 2.45) is 41.0 Å². The average Bonchev–Trinajstić information content (AvgIpc) is 1.72. The van der Waals surface area contributed by atoms with E-state index < -0.39 is 125 Å². The number of amides is 13. The van der Waals surface area contributed by atoms with Gasteiger partial charge in [0.1, 0.15) is 48.4 Å². The number of rotatable bonds is 56. The number of urea groups is 1. The molecule has 4 aromatic rings. The third-order valence-corrected chi connectivity index (χ3v) is 23.7. The van der Waals surface area contributed by atoms with Crippen molar-refractivity contribution in [2.75, 3.05) is 85.4 Å². The first kappa shape index (κ1) is 104. The molecule has 686 valence electrons. The number of nitrogens with zero attached hydrogens (tertiary/aromatic N) is 5. The molecule has 0 bridgehead atoms. The number of aromatic nitrogens is 2. The first-order valence-electron chi connectivity index (χ1n) is 42.0. The Kier molecular flexibility index (Phi) is 44.0. The second-order valence-electron chi connectivity index (χ2n) is 33.0. The molecular weight excluding hydrogens is 1630 g/mol. The Morgan fingerprint density at radius 1 is 0.740 bits per heavy atom. The lowest BCUT2D eigenvalue weighted by Gasteiger charge is -2.35. The number of hydrogen-bond acceptors (Lipinski definition) is 24. The lowest BCUT2D eigenvalue weighted by atomic mass is 9.94. The number of benzene rings is 2. The molecule has 1 aliphatic heterocycles. The van der Waals surface area contributed by atoms with E-state index >= 15 is 0 Å². The van der Waals surface area contributed by atoms with Crippen LogP contribution in [0.25, 0.3) is 0 Å². The number of likely N-dealkylation sites (tertiary alicyclic amines) is 1. The predicted octanol–water partition coefficient (Wildman–Crippen LogP) is 6.19. The summed E-state index contributed by atoms with van der Waals surface area (Å²) in [6, 6.07) is 11.0. The number of unbranched alkanes of at least 4 members (excludes halogenated alkanes) is 2. The van der Waals surface area contributed by atoms with Gasteiger partial charge in [-0.05, 0) is 126 Å². The molecule has 36 nitrogen and oxygen atoms in total. The number of ether oxygens (including phenoxy) is 5. The number of primary amides is 2. The van der Waals surface area contributed by atoms with Crippen LogP contribution in [-0.2, 0) is 96.0 Å². The second kappa shape index (κ2) is 52.2. The van der Waals surface area contributed by atoms with Gasteiger partial charge in [0.05, 0.1) is 60.2 Å². The van der Waals surface area contributed by atoms with E-state index in [9.17, 15) is 67.7 Å². The maximum absolute atomic E-state index is 14.3. The topological polar surface area (TPSA) is 503 Å². The van der Waals surface area contributed by atoms with Gasteiger partial charge >= 0.3 is 12.1 Å². The third kappa shape index (κ3) is 34.7. The monoisotopic (exact) mass is 1760 g/mol. The minimum absolute atomic E-state index is 0.0237. The molecule has 38 heteroatoms. The van der Waals surface area contributed by atoms with E-state index in [4.69, 9.17) is 41.0 Å². The number of anilines is 1. The van der Waals surface area contributed by atoms with E-state index in [1.807, 2.05) is 98.0 Å². The number of hydrogen-bond donors (Lipinski definition) is 13. The highest BCUT2D eigenvalue weighted by Crippen LogP contribution is 2.37. The molecule has 0 aliphatic carbocycles. The van der Waals surface area contributed by atoms with Crippen LogP contribution >= 0.6 is 23.1 Å². The van der Waals surface area contributed by atoms with Crippen molar-refractivity contribution >= 4 is 100.0 Å². The van der Waals surface area contributed by atoms with Gasteiger partial charge in [-0.25, -0.2) is 20.5 Å². The average molecular weight is 1760 g/mol. The van der Waals surface area contributed by atoms with Crippen molar-refractivity contribution in [2.45, 2.75) is 250 Å². The van der Waals surface area contributed by atoms with Gasteiger partial charge in [0.25, 0.3) is 0 Å². The zero-order valence-electron chi connectivity index (χ0n) is 73.9. The Labute approximate surface area is 730 Å². The molecule has 1 aliphatic rings. The Morgan fingerprint density at radius 2 is 1.44 bits per heavy atom. The zero-order chi connectivity index (χ0) is 91.3. The highest BCUT2D eigenvalue weighted by molar-refractivity contribution is 7.99. The van der Waals surface area contributed by atoms with E-state index in [0.29, 0.717) is 75.6 Å². The standard InChI is InChI=1S/C85H134N16O20S2/c1-16-85(11,36-42-118-41-34-67(104)99(13)72(54(6)7)78(111)96-71(53(4)5)81(113)98(12)48-59(116-14)46-68(105)100-40-24-28-63(100)73(117-15)55(8)75(108)94-61(79-89-38-44-122-79)45-56-25-19-17-20-26-56)120-43-35-84(9,10)97-83(115)119-49-57-30-32-58(33-31-57)91-76(109)60(27-23-37-90-82(87)114)93-77(110)70(52(2)3)95-65(102)29-21-18-22-39-101-69(106)47-64(80(101)112)123-51-62(74(86)107)92-66(103)50-121-88/h17,19-20,25-26,30-33,38,44,47,52-55,59-63,70-73,106,112H,16,18,21-24,27-29,34-37,39-43,45-46,48-51,88H2,1-15H3,(H2,86,107)(H,91,109)(H,92,103)(H,93,110)(H,94,108)(H,95,102)(H,96,111)(H,97,115)(H3,87,90,114). The number of nitrogens with one attached hydrogen (secondary N) is 8. The Morgan fingerprint density at radius 3 is 2.06 bits per heavy atom. The summed E-state index contributed by atoms with van der Waals surface area (Å²) in [4.78, 5) is 174. The molecule has 11 unspecified atom stereocenters. The number of nitrogens with two attached hydrogens (primary N) is 3. The number of methoxy groups -OCH3 is 2. The summed E-state index contributed by atoms with van der Waals surface area (Å²) in [5.41, 5.74) is 11.3. The largest absolute Gasteiger partial charge is 0.494 e. The molecule has 5 rings (SSSR count). The van der Waals surface area contributed by atoms with E-state index in [0.717, 1.165) is 22.3 Å².